The number of hydrogen-bond acceptors (Lipinski definition) is 3. The van der Waals surface area contributed by atoms with Gasteiger partial charge in [0, 0.05) is 25.2 Å². The van der Waals surface area contributed by atoms with Gasteiger partial charge in [-0.3, -0.25) is 4.79 Å². The van der Waals surface area contributed by atoms with Crippen LogP contribution in [0.25, 0.3) is 0 Å². The number of piperazine rings is 1. The van der Waals surface area contributed by atoms with Gasteiger partial charge in [-0.25, -0.2) is 0 Å². The van der Waals surface area contributed by atoms with Crippen LogP contribution < -0.4 is 5.32 Å². The minimum atomic E-state index is 0.0193. The zero-order valence-corrected chi connectivity index (χ0v) is 12.2. The largest absolute Gasteiger partial charge is 0.374 e. The number of ether oxygens (including phenoxy) is 1. The molecule has 2 heterocycles. The summed E-state index contributed by atoms with van der Waals surface area (Å²) in [6, 6.07) is 0. The van der Waals surface area contributed by atoms with E-state index in [1.54, 1.807) is 0 Å². The molecule has 0 aromatic carbocycles. The topological polar surface area (TPSA) is 41.6 Å². The monoisotopic (exact) mass is 254 g/mol. The molecule has 4 unspecified atom stereocenters. The lowest BCUT2D eigenvalue weighted by Gasteiger charge is -2.40. The molecule has 0 saturated carbocycles. The van der Waals surface area contributed by atoms with Crippen LogP contribution >= 0.6 is 0 Å². The van der Waals surface area contributed by atoms with E-state index in [1.807, 2.05) is 11.8 Å². The van der Waals surface area contributed by atoms with Crippen LogP contribution in [-0.2, 0) is 9.53 Å². The molecule has 2 aliphatic heterocycles. The van der Waals surface area contributed by atoms with E-state index in [1.165, 1.54) is 0 Å². The van der Waals surface area contributed by atoms with Crippen molar-refractivity contribution in [3.63, 3.8) is 0 Å². The second-order valence-corrected chi connectivity index (χ2v) is 6.50. The minimum absolute atomic E-state index is 0.0193. The van der Waals surface area contributed by atoms with E-state index < -0.39 is 0 Å². The smallest absolute Gasteiger partial charge is 0.228 e. The Labute approximate surface area is 110 Å². The van der Waals surface area contributed by atoms with Gasteiger partial charge in [-0.2, -0.15) is 0 Å². The first-order valence-electron chi connectivity index (χ1n) is 7.01. The quantitative estimate of drug-likeness (QED) is 0.766. The molecule has 4 nitrogen and oxygen atoms in total. The predicted octanol–water partition coefficient (Wildman–Crippen LogP) is 1.26. The van der Waals surface area contributed by atoms with Crippen molar-refractivity contribution in [3.8, 4) is 0 Å². The summed E-state index contributed by atoms with van der Waals surface area (Å²) in [5.41, 5.74) is 0.0193. The van der Waals surface area contributed by atoms with E-state index in [2.05, 4.69) is 33.0 Å². The van der Waals surface area contributed by atoms with Gasteiger partial charge in [0.25, 0.3) is 0 Å². The summed E-state index contributed by atoms with van der Waals surface area (Å²) in [4.78, 5) is 14.7. The first kappa shape index (κ1) is 13.8. The lowest BCUT2D eigenvalue weighted by atomic mass is 9.87. The molecule has 0 radical (unpaired) electrons. The Morgan fingerprint density at radius 3 is 2.44 bits per heavy atom. The molecule has 0 bridgehead atoms. The highest BCUT2D eigenvalue weighted by molar-refractivity contribution is 5.80. The van der Waals surface area contributed by atoms with E-state index in [0.717, 1.165) is 19.6 Å². The van der Waals surface area contributed by atoms with Crippen LogP contribution in [0.4, 0.5) is 0 Å². The molecule has 0 aromatic heterocycles. The zero-order chi connectivity index (χ0) is 13.5. The van der Waals surface area contributed by atoms with Crippen molar-refractivity contribution >= 4 is 5.91 Å². The minimum Gasteiger partial charge on any atom is -0.374 e. The number of hydrogen-bond donors (Lipinski definition) is 1. The van der Waals surface area contributed by atoms with Gasteiger partial charge in [0.15, 0.2) is 0 Å². The zero-order valence-electron chi connectivity index (χ0n) is 12.2. The van der Waals surface area contributed by atoms with Crippen LogP contribution in [0.15, 0.2) is 0 Å². The highest BCUT2D eigenvalue weighted by Crippen LogP contribution is 2.33. The first-order valence-corrected chi connectivity index (χ1v) is 7.01. The standard InChI is InChI=1S/C14H26N2O2/c1-9-10(2)18-11(3)12(9)13(17)16-7-6-15-14(4,5)8-16/h9-12,15H,6-8H2,1-5H3. The van der Waals surface area contributed by atoms with E-state index in [0.29, 0.717) is 5.92 Å². The van der Waals surface area contributed by atoms with Crippen molar-refractivity contribution < 1.29 is 9.53 Å². The average Bonchev–Trinajstić information content (AvgIpc) is 2.51. The Kier molecular flexibility index (Phi) is 3.70. The van der Waals surface area contributed by atoms with Crippen LogP contribution in [0, 0.1) is 11.8 Å². The number of rotatable bonds is 1. The Bertz CT molecular complexity index is 330. The van der Waals surface area contributed by atoms with Gasteiger partial charge in [0.05, 0.1) is 18.1 Å². The number of nitrogens with zero attached hydrogens (tertiary/aromatic N) is 1. The predicted molar refractivity (Wildman–Crippen MR) is 71.3 cm³/mol. The normalized spacial score (nSPS) is 39.9. The third-order valence-corrected chi connectivity index (χ3v) is 4.41. The van der Waals surface area contributed by atoms with Gasteiger partial charge >= 0.3 is 0 Å². The molecule has 2 fully saturated rings. The molecule has 2 rings (SSSR count). The first-order chi connectivity index (χ1) is 8.32. The summed E-state index contributed by atoms with van der Waals surface area (Å²) in [7, 11) is 0. The summed E-state index contributed by atoms with van der Waals surface area (Å²) < 4.78 is 5.79. The van der Waals surface area contributed by atoms with Gasteiger partial charge in [-0.15, -0.1) is 0 Å². The second kappa shape index (κ2) is 4.82. The van der Waals surface area contributed by atoms with E-state index in [4.69, 9.17) is 4.74 Å². The summed E-state index contributed by atoms with van der Waals surface area (Å²) in [5, 5.41) is 3.44. The molecular formula is C14H26N2O2. The van der Waals surface area contributed by atoms with E-state index >= 15 is 0 Å². The third kappa shape index (κ3) is 2.54. The maximum atomic E-state index is 12.7. The fourth-order valence-electron chi connectivity index (χ4n) is 3.23. The van der Waals surface area contributed by atoms with Crippen molar-refractivity contribution in [3.05, 3.63) is 0 Å². The van der Waals surface area contributed by atoms with Gasteiger partial charge in [-0.05, 0) is 33.6 Å². The van der Waals surface area contributed by atoms with Crippen LogP contribution in [0.2, 0.25) is 0 Å². The van der Waals surface area contributed by atoms with Crippen molar-refractivity contribution in [2.75, 3.05) is 19.6 Å². The fourth-order valence-corrected chi connectivity index (χ4v) is 3.23. The van der Waals surface area contributed by atoms with Crippen LogP contribution in [0.1, 0.15) is 34.6 Å². The van der Waals surface area contributed by atoms with E-state index in [-0.39, 0.29) is 29.6 Å². The average molecular weight is 254 g/mol. The maximum Gasteiger partial charge on any atom is 0.228 e. The molecule has 4 atom stereocenters. The lowest BCUT2D eigenvalue weighted by molar-refractivity contribution is -0.140. The van der Waals surface area contributed by atoms with Crippen LogP contribution in [0.5, 0.6) is 0 Å². The molecular weight excluding hydrogens is 228 g/mol. The van der Waals surface area contributed by atoms with Gasteiger partial charge in [-0.1, -0.05) is 6.92 Å². The molecule has 1 amide bonds. The fraction of sp³-hybridized carbons (Fsp3) is 0.929. The summed E-state index contributed by atoms with van der Waals surface area (Å²) in [6.45, 7) is 13.0. The Hall–Kier alpha value is -0.610. The van der Waals surface area contributed by atoms with Crippen molar-refractivity contribution in [2.24, 2.45) is 11.8 Å². The van der Waals surface area contributed by atoms with Crippen molar-refractivity contribution in [1.82, 2.24) is 10.2 Å². The van der Waals surface area contributed by atoms with Gasteiger partial charge < -0.3 is 15.0 Å². The molecule has 2 saturated heterocycles. The molecule has 104 valence electrons. The maximum absolute atomic E-state index is 12.7. The highest BCUT2D eigenvalue weighted by Gasteiger charge is 2.44. The Morgan fingerprint density at radius 2 is 1.94 bits per heavy atom. The summed E-state index contributed by atoms with van der Waals surface area (Å²) >= 11 is 0. The third-order valence-electron chi connectivity index (χ3n) is 4.41. The van der Waals surface area contributed by atoms with Crippen molar-refractivity contribution in [2.45, 2.75) is 52.4 Å². The lowest BCUT2D eigenvalue weighted by Crippen LogP contribution is -2.59. The Balaban J connectivity index is 2.07. The number of carbonyl (C=O) groups is 1. The molecule has 18 heavy (non-hydrogen) atoms. The summed E-state index contributed by atoms with van der Waals surface area (Å²) in [5.74, 6) is 0.605. The van der Waals surface area contributed by atoms with E-state index in [9.17, 15) is 4.79 Å². The molecule has 0 spiro atoms. The van der Waals surface area contributed by atoms with Crippen LogP contribution in [-0.4, -0.2) is 48.2 Å². The number of carbonyl (C=O) groups excluding carboxylic acids is 1. The molecule has 0 aliphatic carbocycles. The molecule has 2 aliphatic rings. The molecule has 1 N–H and O–H groups in total. The van der Waals surface area contributed by atoms with Gasteiger partial charge in [0.2, 0.25) is 5.91 Å². The highest BCUT2D eigenvalue weighted by atomic mass is 16.5. The van der Waals surface area contributed by atoms with Crippen LogP contribution in [0.3, 0.4) is 0 Å². The van der Waals surface area contributed by atoms with Crippen molar-refractivity contribution in [1.29, 1.82) is 0 Å². The van der Waals surface area contributed by atoms with Gasteiger partial charge in [0.1, 0.15) is 0 Å². The molecule has 4 heteroatoms. The summed E-state index contributed by atoms with van der Waals surface area (Å²) in [6.07, 6.45) is 0.227. The second-order valence-electron chi connectivity index (χ2n) is 6.50. The Morgan fingerprint density at radius 1 is 1.28 bits per heavy atom. The number of nitrogens with one attached hydrogen (secondary N) is 1. The molecule has 0 aromatic rings. The number of amides is 1. The SMILES string of the molecule is CC1OC(C)C(C(=O)N2CCNC(C)(C)C2)C1C.